The lowest BCUT2D eigenvalue weighted by molar-refractivity contribution is 0.102. The lowest BCUT2D eigenvalue weighted by Crippen LogP contribution is -2.43. The summed E-state index contributed by atoms with van der Waals surface area (Å²) in [5, 5.41) is 3.78. The molecule has 3 aromatic heterocycles. The smallest absolute Gasteiger partial charge is 0.257 e. The molecule has 1 aliphatic heterocycles. The molecule has 1 saturated heterocycles. The number of hydrogen-bond acceptors (Lipinski definition) is 7. The SMILES string of the molecule is CN1CCN(Cc2ccc(NC(=O)c3cncc(C#Cc4cnc(N)c5ncccc45)c3)cc2Br)CC1. The van der Waals surface area contributed by atoms with Crippen LogP contribution in [0.2, 0.25) is 0 Å². The largest absolute Gasteiger partial charge is 0.382 e. The zero-order valence-corrected chi connectivity index (χ0v) is 22.0. The van der Waals surface area contributed by atoms with Crippen LogP contribution in [0.1, 0.15) is 27.0 Å². The number of hydrogen-bond donors (Lipinski definition) is 2. The molecule has 3 N–H and O–H groups in total. The molecule has 0 bridgehead atoms. The molecule has 0 radical (unpaired) electrons. The lowest BCUT2D eigenvalue weighted by atomic mass is 10.1. The summed E-state index contributed by atoms with van der Waals surface area (Å²) in [6, 6.07) is 11.4. The first-order chi connectivity index (χ1) is 18.0. The standard InChI is InChI=1S/C28H26BrN7O/c1-35-9-11-36(12-10-35)18-21-6-7-23(14-25(21)29)34-28(37)22-13-19(15-31-16-22)4-5-20-17-33-27(30)26-24(20)3-2-8-32-26/h2-3,6-8,13-17H,9-12,18H2,1H3,(H2,30,33)(H,34,37). The van der Waals surface area contributed by atoms with Gasteiger partial charge < -0.3 is 16.0 Å². The van der Waals surface area contributed by atoms with Gasteiger partial charge in [-0.05, 0) is 42.9 Å². The maximum atomic E-state index is 12.9. The third-order valence-electron chi connectivity index (χ3n) is 6.32. The Morgan fingerprint density at radius 3 is 2.73 bits per heavy atom. The lowest BCUT2D eigenvalue weighted by Gasteiger charge is -2.32. The highest BCUT2D eigenvalue weighted by molar-refractivity contribution is 9.10. The Labute approximate surface area is 224 Å². The first-order valence-corrected chi connectivity index (χ1v) is 12.7. The van der Waals surface area contributed by atoms with Crippen LogP contribution in [-0.2, 0) is 6.54 Å². The fourth-order valence-electron chi connectivity index (χ4n) is 4.17. The van der Waals surface area contributed by atoms with Gasteiger partial charge in [-0.1, -0.05) is 33.8 Å². The van der Waals surface area contributed by atoms with E-state index in [1.165, 1.54) is 11.8 Å². The summed E-state index contributed by atoms with van der Waals surface area (Å²) < 4.78 is 0.973. The number of fused-ring (bicyclic) bond motifs is 1. The van der Waals surface area contributed by atoms with Crippen LogP contribution in [-0.4, -0.2) is 63.9 Å². The van der Waals surface area contributed by atoms with Gasteiger partial charge in [0, 0.05) is 78.6 Å². The van der Waals surface area contributed by atoms with Crippen LogP contribution in [0.25, 0.3) is 10.9 Å². The normalized spacial score (nSPS) is 14.2. The van der Waals surface area contributed by atoms with Crippen molar-refractivity contribution >= 4 is 44.2 Å². The number of carbonyl (C=O) groups is 1. The monoisotopic (exact) mass is 555 g/mol. The number of pyridine rings is 3. The van der Waals surface area contributed by atoms with E-state index in [1.54, 1.807) is 24.7 Å². The number of nitrogens with zero attached hydrogens (tertiary/aromatic N) is 5. The van der Waals surface area contributed by atoms with Gasteiger partial charge in [-0.25, -0.2) is 4.98 Å². The van der Waals surface area contributed by atoms with Crippen LogP contribution >= 0.6 is 15.9 Å². The van der Waals surface area contributed by atoms with E-state index in [9.17, 15) is 4.79 Å². The minimum absolute atomic E-state index is 0.251. The zero-order chi connectivity index (χ0) is 25.8. The number of anilines is 2. The number of piperazine rings is 1. The van der Waals surface area contributed by atoms with Crippen LogP contribution < -0.4 is 11.1 Å². The van der Waals surface area contributed by atoms with Crippen molar-refractivity contribution in [2.75, 3.05) is 44.3 Å². The number of halogens is 1. The van der Waals surface area contributed by atoms with Crippen LogP contribution in [0.3, 0.4) is 0 Å². The van der Waals surface area contributed by atoms with Gasteiger partial charge in [0.15, 0.2) is 0 Å². The molecule has 0 atom stereocenters. The first-order valence-electron chi connectivity index (χ1n) is 11.9. The highest BCUT2D eigenvalue weighted by atomic mass is 79.9. The minimum Gasteiger partial charge on any atom is -0.382 e. The van der Waals surface area contributed by atoms with Crippen molar-refractivity contribution in [1.29, 1.82) is 0 Å². The molecule has 0 saturated carbocycles. The van der Waals surface area contributed by atoms with Crippen LogP contribution in [0.15, 0.2) is 65.7 Å². The fraction of sp³-hybridized carbons (Fsp3) is 0.214. The van der Waals surface area contributed by atoms with Gasteiger partial charge in [0.25, 0.3) is 5.91 Å². The molecular formula is C28H26BrN7O. The summed E-state index contributed by atoms with van der Waals surface area (Å²) in [5.74, 6) is 6.29. The summed E-state index contributed by atoms with van der Waals surface area (Å²) in [6.45, 7) is 5.13. The molecule has 0 unspecified atom stereocenters. The molecule has 1 aliphatic rings. The first kappa shape index (κ1) is 24.8. The molecule has 1 fully saturated rings. The second-order valence-corrected chi connectivity index (χ2v) is 9.86. The van der Waals surface area contributed by atoms with E-state index in [4.69, 9.17) is 5.73 Å². The number of nitrogen functional groups attached to an aromatic ring is 1. The Kier molecular flexibility index (Phi) is 7.42. The highest BCUT2D eigenvalue weighted by Gasteiger charge is 2.15. The van der Waals surface area contributed by atoms with Gasteiger partial charge >= 0.3 is 0 Å². The Morgan fingerprint density at radius 2 is 1.92 bits per heavy atom. The number of rotatable bonds is 4. The molecular weight excluding hydrogens is 530 g/mol. The molecule has 5 rings (SSSR count). The quantitative estimate of drug-likeness (QED) is 0.369. The Bertz CT molecular complexity index is 1520. The average Bonchev–Trinajstić information content (AvgIpc) is 2.91. The number of amides is 1. The van der Waals surface area contributed by atoms with Crippen molar-refractivity contribution in [2.24, 2.45) is 0 Å². The third-order valence-corrected chi connectivity index (χ3v) is 7.05. The zero-order valence-electron chi connectivity index (χ0n) is 20.4. The number of aromatic nitrogens is 3. The second-order valence-electron chi connectivity index (χ2n) is 9.01. The number of carbonyl (C=O) groups excluding carboxylic acids is 1. The molecule has 1 aromatic carbocycles. The van der Waals surface area contributed by atoms with E-state index in [-0.39, 0.29) is 5.91 Å². The number of likely N-dealkylation sites (N-methyl/N-ethyl adjacent to an activating group) is 1. The van der Waals surface area contributed by atoms with Gasteiger partial charge in [-0.3, -0.25) is 19.7 Å². The third kappa shape index (κ3) is 5.94. The van der Waals surface area contributed by atoms with E-state index >= 15 is 0 Å². The second kappa shape index (κ2) is 11.0. The number of benzene rings is 1. The Balaban J connectivity index is 1.28. The molecule has 4 aromatic rings. The van der Waals surface area contributed by atoms with Gasteiger partial charge in [-0.15, -0.1) is 0 Å². The van der Waals surface area contributed by atoms with E-state index in [2.05, 4.69) is 71.0 Å². The molecule has 0 spiro atoms. The predicted molar refractivity (Wildman–Crippen MR) is 149 cm³/mol. The van der Waals surface area contributed by atoms with Crippen molar-refractivity contribution in [3.8, 4) is 11.8 Å². The molecule has 0 aliphatic carbocycles. The Morgan fingerprint density at radius 1 is 1.08 bits per heavy atom. The van der Waals surface area contributed by atoms with E-state index in [1.807, 2.05) is 24.3 Å². The van der Waals surface area contributed by atoms with Crippen molar-refractivity contribution in [3.05, 3.63) is 87.9 Å². The fourth-order valence-corrected chi connectivity index (χ4v) is 4.67. The topological polar surface area (TPSA) is 100 Å². The summed E-state index contributed by atoms with van der Waals surface area (Å²) in [5.41, 5.74) is 10.2. The van der Waals surface area contributed by atoms with Gasteiger partial charge in [0.2, 0.25) is 0 Å². The van der Waals surface area contributed by atoms with E-state index in [0.29, 0.717) is 33.7 Å². The van der Waals surface area contributed by atoms with Crippen molar-refractivity contribution in [2.45, 2.75) is 6.54 Å². The summed E-state index contributed by atoms with van der Waals surface area (Å²) in [6.07, 6.45) is 6.45. The maximum absolute atomic E-state index is 12.9. The number of nitrogens with two attached hydrogens (primary N) is 1. The number of nitrogens with one attached hydrogen (secondary N) is 1. The molecule has 8 nitrogen and oxygen atoms in total. The van der Waals surface area contributed by atoms with Gasteiger partial charge in [-0.2, -0.15) is 0 Å². The predicted octanol–water partition coefficient (Wildman–Crippen LogP) is 3.77. The summed E-state index contributed by atoms with van der Waals surface area (Å²) in [7, 11) is 2.15. The van der Waals surface area contributed by atoms with E-state index < -0.39 is 0 Å². The van der Waals surface area contributed by atoms with E-state index in [0.717, 1.165) is 42.6 Å². The average molecular weight is 556 g/mol. The minimum atomic E-state index is -0.251. The molecule has 1 amide bonds. The Hall–Kier alpha value is -3.84. The summed E-state index contributed by atoms with van der Waals surface area (Å²) >= 11 is 3.67. The van der Waals surface area contributed by atoms with Gasteiger partial charge in [0.1, 0.15) is 11.3 Å². The van der Waals surface area contributed by atoms with Crippen molar-refractivity contribution in [3.63, 3.8) is 0 Å². The molecule has 37 heavy (non-hydrogen) atoms. The van der Waals surface area contributed by atoms with Crippen LogP contribution in [0.4, 0.5) is 11.5 Å². The molecule has 4 heterocycles. The van der Waals surface area contributed by atoms with Crippen molar-refractivity contribution < 1.29 is 4.79 Å². The molecule has 9 heteroatoms. The maximum Gasteiger partial charge on any atom is 0.257 e. The van der Waals surface area contributed by atoms with Crippen molar-refractivity contribution in [1.82, 2.24) is 24.8 Å². The summed E-state index contributed by atoms with van der Waals surface area (Å²) in [4.78, 5) is 30.4. The highest BCUT2D eigenvalue weighted by Crippen LogP contribution is 2.24. The van der Waals surface area contributed by atoms with Crippen LogP contribution in [0, 0.1) is 11.8 Å². The van der Waals surface area contributed by atoms with Gasteiger partial charge in [0.05, 0.1) is 11.1 Å². The van der Waals surface area contributed by atoms with Crippen LogP contribution in [0.5, 0.6) is 0 Å². The molecule has 186 valence electrons.